The van der Waals surface area contributed by atoms with Crippen molar-refractivity contribution in [2.45, 2.75) is 0 Å². The maximum Gasteiger partial charge on any atom is 0.148 e. The van der Waals surface area contributed by atoms with E-state index in [1.807, 2.05) is 24.3 Å². The van der Waals surface area contributed by atoms with Gasteiger partial charge in [0.2, 0.25) is 0 Å². The number of H-pyrrole nitrogens is 1. The van der Waals surface area contributed by atoms with Crippen LogP contribution in [-0.2, 0) is 0 Å². The summed E-state index contributed by atoms with van der Waals surface area (Å²) < 4.78 is 27.0. The number of aromatic amines is 1. The van der Waals surface area contributed by atoms with Gasteiger partial charge in [0, 0.05) is 16.5 Å². The van der Waals surface area contributed by atoms with E-state index < -0.39 is 0 Å². The minimum Gasteiger partial charge on any atom is -0.354 e. The van der Waals surface area contributed by atoms with Gasteiger partial charge in [0.15, 0.2) is 0 Å². The highest BCUT2D eigenvalue weighted by Gasteiger charge is 2.11. The molecular weight excluding hydrogens is 332 g/mol. The molecule has 2 N–H and O–H groups in total. The minimum atomic E-state index is -0.373. The maximum atomic E-state index is 13.7. The summed E-state index contributed by atoms with van der Waals surface area (Å²) >= 11 is 0. The molecule has 128 valence electrons. The Morgan fingerprint density at radius 1 is 0.846 bits per heavy atom. The average molecular weight is 347 g/mol. The van der Waals surface area contributed by atoms with Gasteiger partial charge in [-0.2, -0.15) is 5.10 Å². The second kappa shape index (κ2) is 6.80. The molecule has 0 spiro atoms. The molecular formula is C21H15F2N3. The van der Waals surface area contributed by atoms with E-state index in [0.717, 1.165) is 27.7 Å². The molecule has 3 aromatic carbocycles. The van der Waals surface area contributed by atoms with Gasteiger partial charge in [0.05, 0.1) is 17.6 Å². The zero-order valence-corrected chi connectivity index (χ0v) is 13.7. The number of nitrogens with zero attached hydrogens (tertiary/aromatic N) is 1. The van der Waals surface area contributed by atoms with Crippen molar-refractivity contribution in [3.05, 3.63) is 90.0 Å². The van der Waals surface area contributed by atoms with Gasteiger partial charge in [0.1, 0.15) is 11.6 Å². The summed E-state index contributed by atoms with van der Waals surface area (Å²) in [5, 5.41) is 5.17. The summed E-state index contributed by atoms with van der Waals surface area (Å²) in [6.45, 7) is 0. The van der Waals surface area contributed by atoms with Crippen molar-refractivity contribution < 1.29 is 8.78 Å². The Bertz CT molecular complexity index is 1080. The zero-order chi connectivity index (χ0) is 17.9. The predicted octanol–water partition coefficient (Wildman–Crippen LogP) is 5.56. The SMILES string of the molecule is Fc1ccc(-c2[nH]c3ccccc3c2/C=N/Nc2ccccc2F)cc1. The van der Waals surface area contributed by atoms with Gasteiger partial charge in [-0.05, 0) is 48.0 Å². The Hall–Kier alpha value is -3.47. The Kier molecular flexibility index (Phi) is 4.19. The van der Waals surface area contributed by atoms with Crippen molar-refractivity contribution in [2.24, 2.45) is 5.10 Å². The van der Waals surface area contributed by atoms with Crippen molar-refractivity contribution in [3.63, 3.8) is 0 Å². The van der Waals surface area contributed by atoms with Gasteiger partial charge < -0.3 is 4.98 Å². The summed E-state index contributed by atoms with van der Waals surface area (Å²) in [5.41, 5.74) is 6.48. The molecule has 0 aliphatic heterocycles. The van der Waals surface area contributed by atoms with Crippen LogP contribution in [0.5, 0.6) is 0 Å². The number of hydrogen-bond acceptors (Lipinski definition) is 2. The van der Waals surface area contributed by atoms with Crippen LogP contribution in [0.2, 0.25) is 0 Å². The van der Waals surface area contributed by atoms with Crippen LogP contribution >= 0.6 is 0 Å². The average Bonchev–Trinajstić information content (AvgIpc) is 3.03. The first kappa shape index (κ1) is 16.0. The van der Waals surface area contributed by atoms with E-state index >= 15 is 0 Å². The Morgan fingerprint density at radius 2 is 1.58 bits per heavy atom. The smallest absolute Gasteiger partial charge is 0.148 e. The number of benzene rings is 3. The van der Waals surface area contributed by atoms with Gasteiger partial charge in [-0.1, -0.05) is 30.3 Å². The van der Waals surface area contributed by atoms with Crippen LogP contribution < -0.4 is 5.43 Å². The summed E-state index contributed by atoms with van der Waals surface area (Å²) in [4.78, 5) is 3.34. The molecule has 4 aromatic rings. The monoisotopic (exact) mass is 347 g/mol. The van der Waals surface area contributed by atoms with E-state index in [9.17, 15) is 8.78 Å². The molecule has 0 aliphatic rings. The summed E-state index contributed by atoms with van der Waals surface area (Å²) in [6.07, 6.45) is 1.64. The van der Waals surface area contributed by atoms with Crippen molar-refractivity contribution >= 4 is 22.8 Å². The van der Waals surface area contributed by atoms with E-state index in [-0.39, 0.29) is 11.6 Å². The predicted molar refractivity (Wildman–Crippen MR) is 101 cm³/mol. The van der Waals surface area contributed by atoms with Crippen LogP contribution in [-0.4, -0.2) is 11.2 Å². The van der Waals surface area contributed by atoms with Crippen LogP contribution in [0, 0.1) is 11.6 Å². The van der Waals surface area contributed by atoms with E-state index in [1.54, 1.807) is 36.5 Å². The van der Waals surface area contributed by atoms with Gasteiger partial charge in [-0.3, -0.25) is 5.43 Å². The maximum absolute atomic E-state index is 13.7. The molecule has 0 atom stereocenters. The lowest BCUT2D eigenvalue weighted by atomic mass is 10.1. The normalized spacial score (nSPS) is 11.3. The highest BCUT2D eigenvalue weighted by molar-refractivity contribution is 6.06. The second-order valence-electron chi connectivity index (χ2n) is 5.82. The van der Waals surface area contributed by atoms with Crippen LogP contribution in [0.25, 0.3) is 22.2 Å². The number of anilines is 1. The van der Waals surface area contributed by atoms with Gasteiger partial charge >= 0.3 is 0 Å². The lowest BCUT2D eigenvalue weighted by molar-refractivity contribution is 0.628. The van der Waals surface area contributed by atoms with Crippen molar-refractivity contribution in [3.8, 4) is 11.3 Å². The molecule has 0 unspecified atom stereocenters. The second-order valence-corrected chi connectivity index (χ2v) is 5.82. The number of fused-ring (bicyclic) bond motifs is 1. The van der Waals surface area contributed by atoms with Crippen molar-refractivity contribution in [1.82, 2.24) is 4.98 Å². The molecule has 3 nitrogen and oxygen atoms in total. The number of hydrogen-bond donors (Lipinski definition) is 2. The van der Waals surface area contributed by atoms with Crippen molar-refractivity contribution in [2.75, 3.05) is 5.43 Å². The Labute approximate surface area is 149 Å². The first-order valence-corrected chi connectivity index (χ1v) is 8.12. The van der Waals surface area contributed by atoms with Gasteiger partial charge in [-0.15, -0.1) is 0 Å². The largest absolute Gasteiger partial charge is 0.354 e. The molecule has 0 fully saturated rings. The van der Waals surface area contributed by atoms with Crippen LogP contribution in [0.1, 0.15) is 5.56 Å². The highest BCUT2D eigenvalue weighted by atomic mass is 19.1. The number of para-hydroxylation sites is 2. The molecule has 0 amide bonds. The lowest BCUT2D eigenvalue weighted by Crippen LogP contribution is -1.94. The fraction of sp³-hybridized carbons (Fsp3) is 0. The fourth-order valence-electron chi connectivity index (χ4n) is 2.86. The number of aromatic nitrogens is 1. The number of hydrazone groups is 1. The summed E-state index contributed by atoms with van der Waals surface area (Å²) in [6, 6.07) is 20.4. The minimum absolute atomic E-state index is 0.290. The van der Waals surface area contributed by atoms with E-state index in [0.29, 0.717) is 5.69 Å². The summed E-state index contributed by atoms with van der Waals surface area (Å²) in [5.74, 6) is -0.663. The van der Waals surface area contributed by atoms with Crippen molar-refractivity contribution in [1.29, 1.82) is 0 Å². The standard InChI is InChI=1S/C21H15F2N3/c22-15-11-9-14(10-12-15)21-17(16-5-1-3-7-19(16)25-21)13-24-26-20-8-4-2-6-18(20)23/h1-13,25-26H/b24-13+. The molecule has 26 heavy (non-hydrogen) atoms. The third kappa shape index (κ3) is 3.07. The Morgan fingerprint density at radius 3 is 2.38 bits per heavy atom. The van der Waals surface area contributed by atoms with E-state index in [4.69, 9.17) is 0 Å². The molecule has 0 aliphatic carbocycles. The number of halogens is 2. The zero-order valence-electron chi connectivity index (χ0n) is 13.7. The van der Waals surface area contributed by atoms with E-state index in [1.165, 1.54) is 18.2 Å². The number of rotatable bonds is 4. The third-order valence-electron chi connectivity index (χ3n) is 4.13. The van der Waals surface area contributed by atoms with Gasteiger partial charge in [-0.25, -0.2) is 8.78 Å². The molecule has 5 heteroatoms. The van der Waals surface area contributed by atoms with Crippen LogP contribution in [0.4, 0.5) is 14.5 Å². The topological polar surface area (TPSA) is 40.2 Å². The van der Waals surface area contributed by atoms with Crippen LogP contribution in [0.3, 0.4) is 0 Å². The molecule has 0 bridgehead atoms. The van der Waals surface area contributed by atoms with E-state index in [2.05, 4.69) is 15.5 Å². The van der Waals surface area contributed by atoms with Gasteiger partial charge in [0.25, 0.3) is 0 Å². The molecule has 4 rings (SSSR count). The third-order valence-corrected chi connectivity index (χ3v) is 4.13. The first-order valence-electron chi connectivity index (χ1n) is 8.12. The lowest BCUT2D eigenvalue weighted by Gasteiger charge is -2.03. The van der Waals surface area contributed by atoms with Crippen LogP contribution in [0.15, 0.2) is 77.9 Å². The molecule has 0 saturated carbocycles. The molecule has 1 aromatic heterocycles. The Balaban J connectivity index is 1.75. The first-order chi connectivity index (χ1) is 12.7. The molecule has 1 heterocycles. The summed E-state index contributed by atoms with van der Waals surface area (Å²) in [7, 11) is 0. The fourth-order valence-corrected chi connectivity index (χ4v) is 2.86. The number of nitrogens with one attached hydrogen (secondary N) is 2. The quantitative estimate of drug-likeness (QED) is 0.368. The molecule has 0 radical (unpaired) electrons. The highest BCUT2D eigenvalue weighted by Crippen LogP contribution is 2.29. The molecule has 0 saturated heterocycles.